The molecule has 0 saturated carbocycles. The maximum absolute atomic E-state index is 11.6. The molecule has 1 aliphatic rings. The van der Waals surface area contributed by atoms with Gasteiger partial charge in [0.05, 0.1) is 13.1 Å². The number of nitrogens with two attached hydrogens (primary N) is 1. The highest BCUT2D eigenvalue weighted by atomic mass is 16.5. The number of hydrogen-bond acceptors (Lipinski definition) is 4. The van der Waals surface area contributed by atoms with Gasteiger partial charge >= 0.3 is 0 Å². The van der Waals surface area contributed by atoms with Crippen LogP contribution in [0.1, 0.15) is 12.0 Å². The average molecular weight is 278 g/mol. The van der Waals surface area contributed by atoms with Gasteiger partial charge in [0.2, 0.25) is 5.91 Å². The normalized spacial score (nSPS) is 22.1. The van der Waals surface area contributed by atoms with Crippen molar-refractivity contribution >= 4 is 5.91 Å². The van der Waals surface area contributed by atoms with Crippen molar-refractivity contribution in [1.29, 1.82) is 0 Å². The van der Waals surface area contributed by atoms with E-state index >= 15 is 0 Å². The van der Waals surface area contributed by atoms with Crippen molar-refractivity contribution in [3.05, 3.63) is 29.8 Å². The van der Waals surface area contributed by atoms with Crippen LogP contribution in [0.5, 0.6) is 5.75 Å². The topological polar surface area (TPSA) is 64.8 Å². The molecule has 1 fully saturated rings. The van der Waals surface area contributed by atoms with Crippen LogP contribution in [0, 0.1) is 6.92 Å². The summed E-state index contributed by atoms with van der Waals surface area (Å²) in [6, 6.07) is 7.90. The van der Waals surface area contributed by atoms with Gasteiger partial charge in [0.1, 0.15) is 18.0 Å². The van der Waals surface area contributed by atoms with E-state index < -0.39 is 5.60 Å². The molecule has 1 heterocycles. The summed E-state index contributed by atoms with van der Waals surface area (Å²) in [6.45, 7) is 3.70. The third-order valence-electron chi connectivity index (χ3n) is 3.77. The molecule has 2 N–H and O–H groups in total. The summed E-state index contributed by atoms with van der Waals surface area (Å²) in [6.07, 6.45) is 0.765. The number of rotatable bonds is 5. The Morgan fingerprint density at radius 3 is 2.95 bits per heavy atom. The highest BCUT2D eigenvalue weighted by molar-refractivity contribution is 5.78. The van der Waals surface area contributed by atoms with Crippen LogP contribution in [-0.2, 0) is 9.53 Å². The Labute approximate surface area is 119 Å². The van der Waals surface area contributed by atoms with Gasteiger partial charge in [-0.2, -0.15) is 0 Å². The molecule has 0 aliphatic carbocycles. The minimum absolute atomic E-state index is 0.0402. The van der Waals surface area contributed by atoms with Crippen molar-refractivity contribution in [3.8, 4) is 5.75 Å². The number of hydrogen-bond donors (Lipinski definition) is 1. The maximum Gasteiger partial charge on any atom is 0.236 e. The van der Waals surface area contributed by atoms with E-state index in [1.54, 1.807) is 12.0 Å². The Balaban J connectivity index is 1.97. The number of aryl methyl sites for hydroxylation is 1. The molecule has 20 heavy (non-hydrogen) atoms. The molecule has 0 radical (unpaired) electrons. The Hall–Kier alpha value is -1.59. The average Bonchev–Trinajstić information content (AvgIpc) is 2.90. The van der Waals surface area contributed by atoms with E-state index in [1.165, 1.54) is 0 Å². The van der Waals surface area contributed by atoms with Gasteiger partial charge in [-0.25, -0.2) is 0 Å². The number of amides is 1. The lowest BCUT2D eigenvalue weighted by molar-refractivity contribution is -0.130. The molecule has 1 aliphatic heterocycles. The van der Waals surface area contributed by atoms with Gasteiger partial charge < -0.3 is 20.1 Å². The van der Waals surface area contributed by atoms with Crippen LogP contribution in [0.3, 0.4) is 0 Å². The van der Waals surface area contributed by atoms with E-state index in [9.17, 15) is 4.79 Å². The summed E-state index contributed by atoms with van der Waals surface area (Å²) in [7, 11) is 1.66. The van der Waals surface area contributed by atoms with E-state index in [-0.39, 0.29) is 12.5 Å². The first-order valence-electron chi connectivity index (χ1n) is 6.81. The van der Waals surface area contributed by atoms with E-state index in [0.29, 0.717) is 19.7 Å². The quantitative estimate of drug-likeness (QED) is 0.871. The SMILES string of the molecule is CO[C@@]1(COc2cccc(C)c2)CCN(C(=O)CN)C1. The molecule has 1 aromatic rings. The fourth-order valence-corrected chi connectivity index (χ4v) is 2.45. The predicted molar refractivity (Wildman–Crippen MR) is 76.7 cm³/mol. The van der Waals surface area contributed by atoms with Gasteiger partial charge in [-0.15, -0.1) is 0 Å². The molecule has 5 nitrogen and oxygen atoms in total. The van der Waals surface area contributed by atoms with E-state index in [2.05, 4.69) is 0 Å². The van der Waals surface area contributed by atoms with Gasteiger partial charge in [-0.05, 0) is 31.0 Å². The Morgan fingerprint density at radius 1 is 1.50 bits per heavy atom. The molecule has 0 spiro atoms. The van der Waals surface area contributed by atoms with Crippen molar-refractivity contribution in [1.82, 2.24) is 4.90 Å². The molecule has 1 saturated heterocycles. The van der Waals surface area contributed by atoms with Crippen LogP contribution in [0.25, 0.3) is 0 Å². The first-order chi connectivity index (χ1) is 9.58. The summed E-state index contributed by atoms with van der Waals surface area (Å²) < 4.78 is 11.4. The standard InChI is InChI=1S/C15H22N2O3/c1-12-4-3-5-13(8-12)20-11-15(19-2)6-7-17(10-15)14(18)9-16/h3-5,8H,6-7,9-11,16H2,1-2H3/t15-/m0/s1. The molecular weight excluding hydrogens is 256 g/mol. The second kappa shape index (κ2) is 6.24. The molecule has 5 heteroatoms. The predicted octanol–water partition coefficient (Wildman–Crippen LogP) is 0.950. The second-order valence-corrected chi connectivity index (χ2v) is 5.26. The van der Waals surface area contributed by atoms with Gasteiger partial charge in [0.15, 0.2) is 0 Å². The number of nitrogens with zero attached hydrogens (tertiary/aromatic N) is 1. The van der Waals surface area contributed by atoms with Crippen LogP contribution in [0.2, 0.25) is 0 Å². The number of carbonyl (C=O) groups excluding carboxylic acids is 1. The number of likely N-dealkylation sites (tertiary alicyclic amines) is 1. The van der Waals surface area contributed by atoms with Crippen LogP contribution in [-0.4, -0.2) is 49.8 Å². The zero-order chi connectivity index (χ0) is 14.6. The number of methoxy groups -OCH3 is 1. The third kappa shape index (κ3) is 3.29. The fraction of sp³-hybridized carbons (Fsp3) is 0.533. The van der Waals surface area contributed by atoms with Crippen LogP contribution >= 0.6 is 0 Å². The third-order valence-corrected chi connectivity index (χ3v) is 3.77. The van der Waals surface area contributed by atoms with Crippen LogP contribution < -0.4 is 10.5 Å². The van der Waals surface area contributed by atoms with Crippen molar-refractivity contribution in [2.75, 3.05) is 33.4 Å². The smallest absolute Gasteiger partial charge is 0.236 e. The van der Waals surface area contributed by atoms with Gasteiger partial charge in [0.25, 0.3) is 0 Å². The molecule has 0 aromatic heterocycles. The molecule has 110 valence electrons. The molecule has 0 bridgehead atoms. The first-order valence-corrected chi connectivity index (χ1v) is 6.81. The lowest BCUT2D eigenvalue weighted by atomic mass is 10.0. The lowest BCUT2D eigenvalue weighted by Gasteiger charge is -2.27. The van der Waals surface area contributed by atoms with E-state index in [0.717, 1.165) is 17.7 Å². The summed E-state index contributed by atoms with van der Waals surface area (Å²) in [5.74, 6) is 0.782. The number of benzene rings is 1. The molecule has 1 atom stereocenters. The minimum Gasteiger partial charge on any atom is -0.491 e. The molecular formula is C15H22N2O3. The van der Waals surface area contributed by atoms with E-state index in [1.807, 2.05) is 31.2 Å². The Morgan fingerprint density at radius 2 is 2.30 bits per heavy atom. The minimum atomic E-state index is -0.436. The first kappa shape index (κ1) is 14.8. The number of ether oxygens (including phenoxy) is 2. The Kier molecular flexibility index (Phi) is 4.62. The second-order valence-electron chi connectivity index (χ2n) is 5.26. The maximum atomic E-state index is 11.6. The molecule has 0 unspecified atom stereocenters. The molecule has 1 aromatic carbocycles. The highest BCUT2D eigenvalue weighted by Crippen LogP contribution is 2.26. The fourth-order valence-electron chi connectivity index (χ4n) is 2.45. The van der Waals surface area contributed by atoms with Crippen molar-refractivity contribution < 1.29 is 14.3 Å². The van der Waals surface area contributed by atoms with Gasteiger partial charge in [0, 0.05) is 13.7 Å². The van der Waals surface area contributed by atoms with Crippen LogP contribution in [0.15, 0.2) is 24.3 Å². The van der Waals surface area contributed by atoms with Crippen molar-refractivity contribution in [2.24, 2.45) is 5.73 Å². The largest absolute Gasteiger partial charge is 0.491 e. The van der Waals surface area contributed by atoms with Gasteiger partial charge in [-0.3, -0.25) is 4.79 Å². The van der Waals surface area contributed by atoms with Gasteiger partial charge in [-0.1, -0.05) is 12.1 Å². The lowest BCUT2D eigenvalue weighted by Crippen LogP contribution is -2.43. The monoisotopic (exact) mass is 278 g/mol. The molecule has 2 rings (SSSR count). The number of carbonyl (C=O) groups is 1. The highest BCUT2D eigenvalue weighted by Gasteiger charge is 2.40. The molecule has 1 amide bonds. The van der Waals surface area contributed by atoms with Crippen molar-refractivity contribution in [2.45, 2.75) is 18.9 Å². The summed E-state index contributed by atoms with van der Waals surface area (Å²) >= 11 is 0. The summed E-state index contributed by atoms with van der Waals surface area (Å²) in [5, 5.41) is 0. The summed E-state index contributed by atoms with van der Waals surface area (Å²) in [4.78, 5) is 13.4. The zero-order valence-electron chi connectivity index (χ0n) is 12.1. The Bertz CT molecular complexity index is 478. The van der Waals surface area contributed by atoms with Crippen molar-refractivity contribution in [3.63, 3.8) is 0 Å². The van der Waals surface area contributed by atoms with Crippen LogP contribution in [0.4, 0.5) is 0 Å². The van der Waals surface area contributed by atoms with E-state index in [4.69, 9.17) is 15.2 Å². The zero-order valence-corrected chi connectivity index (χ0v) is 12.1. The summed E-state index contributed by atoms with van der Waals surface area (Å²) in [5.41, 5.74) is 6.12.